The summed E-state index contributed by atoms with van der Waals surface area (Å²) in [4.78, 5) is 37.5. The van der Waals surface area contributed by atoms with Crippen LogP contribution in [0.5, 0.6) is 0 Å². The molecule has 0 bridgehead atoms. The fourth-order valence-electron chi connectivity index (χ4n) is 2.67. The summed E-state index contributed by atoms with van der Waals surface area (Å²) < 4.78 is 19.0. The highest BCUT2D eigenvalue weighted by Crippen LogP contribution is 2.38. The van der Waals surface area contributed by atoms with Crippen molar-refractivity contribution in [3.8, 4) is 0 Å². The fourth-order valence-corrected chi connectivity index (χ4v) is 3.68. The second-order valence-corrected chi connectivity index (χ2v) is 13.4. The highest BCUT2D eigenvalue weighted by molar-refractivity contribution is 6.74. The summed E-state index contributed by atoms with van der Waals surface area (Å²) in [5.41, 5.74) is -0.574. The minimum atomic E-state index is -2.01. The zero-order valence-electron chi connectivity index (χ0n) is 17.1. The molecule has 1 N–H and O–H groups in total. The van der Waals surface area contributed by atoms with Gasteiger partial charge in [0, 0.05) is 25.1 Å². The Morgan fingerprint density at radius 1 is 1.37 bits per heavy atom. The van der Waals surface area contributed by atoms with Crippen molar-refractivity contribution in [2.75, 3.05) is 6.61 Å². The number of aryl methyl sites for hydroxylation is 1. The molecule has 1 saturated heterocycles. The molecule has 0 aromatic carbocycles. The summed E-state index contributed by atoms with van der Waals surface area (Å²) in [7, 11) is -2.01. The van der Waals surface area contributed by atoms with E-state index in [2.05, 4.69) is 38.8 Å². The molecule has 0 amide bonds. The maximum Gasteiger partial charge on any atom is 0.330 e. The van der Waals surface area contributed by atoms with Gasteiger partial charge in [0.05, 0.1) is 6.61 Å². The molecule has 2 heterocycles. The van der Waals surface area contributed by atoms with Gasteiger partial charge in [-0.2, -0.15) is 0 Å². The number of H-pyrrole nitrogens is 1. The maximum absolute atomic E-state index is 12.2. The SMILES string of the molecule is CC(=O)O[C@@H]1C[C@H](n2cc(C)c(=O)[nH]c2=O)O[C@@H]1CO[Si](C)(C)C(C)(C)C. The topological polar surface area (TPSA) is 99.6 Å². The van der Waals surface area contributed by atoms with E-state index in [1.807, 2.05) is 0 Å². The van der Waals surface area contributed by atoms with Gasteiger partial charge in [0.25, 0.3) is 5.56 Å². The van der Waals surface area contributed by atoms with Gasteiger partial charge in [-0.05, 0) is 25.1 Å². The quantitative estimate of drug-likeness (QED) is 0.602. The molecule has 0 radical (unpaired) electrons. The van der Waals surface area contributed by atoms with Crippen LogP contribution in [-0.2, 0) is 18.7 Å². The van der Waals surface area contributed by atoms with Gasteiger partial charge in [-0.3, -0.25) is 19.1 Å². The molecule has 0 saturated carbocycles. The number of carbonyl (C=O) groups excluding carboxylic acids is 1. The summed E-state index contributed by atoms with van der Waals surface area (Å²) in [6, 6.07) is 0. The molecule has 1 aromatic rings. The van der Waals surface area contributed by atoms with Crippen LogP contribution in [0.3, 0.4) is 0 Å². The maximum atomic E-state index is 12.2. The lowest BCUT2D eigenvalue weighted by atomic mass is 10.2. The molecule has 3 atom stereocenters. The second kappa shape index (κ2) is 7.73. The number of rotatable bonds is 5. The molecule has 0 unspecified atom stereocenters. The number of ether oxygens (including phenoxy) is 2. The number of aromatic nitrogens is 2. The number of hydrogen-bond donors (Lipinski definition) is 1. The molecule has 8 nitrogen and oxygen atoms in total. The zero-order valence-corrected chi connectivity index (χ0v) is 18.1. The van der Waals surface area contributed by atoms with E-state index in [-0.39, 0.29) is 11.6 Å². The van der Waals surface area contributed by atoms with Crippen molar-refractivity contribution >= 4 is 14.3 Å². The van der Waals surface area contributed by atoms with E-state index in [1.54, 1.807) is 6.92 Å². The van der Waals surface area contributed by atoms with E-state index in [0.717, 1.165) is 0 Å². The van der Waals surface area contributed by atoms with Gasteiger partial charge >= 0.3 is 11.7 Å². The van der Waals surface area contributed by atoms with E-state index in [0.29, 0.717) is 12.0 Å². The third kappa shape index (κ3) is 4.97. The van der Waals surface area contributed by atoms with E-state index in [4.69, 9.17) is 13.9 Å². The standard InChI is InChI=1S/C18H30N2O6Si/c1-11-9-20(17(23)19-16(11)22)15-8-13(25-12(2)21)14(26-15)10-24-27(6,7)18(3,4)5/h9,13-15H,8,10H2,1-7H3,(H,19,22,23)/t13-,14-,15-/m1/s1. The van der Waals surface area contributed by atoms with E-state index in [1.165, 1.54) is 17.7 Å². The molecule has 1 aliphatic rings. The van der Waals surface area contributed by atoms with E-state index in [9.17, 15) is 14.4 Å². The molecule has 0 aliphatic carbocycles. The Bertz CT molecular complexity index is 807. The Balaban J connectivity index is 2.21. The smallest absolute Gasteiger partial charge is 0.330 e. The van der Waals surface area contributed by atoms with Crippen molar-refractivity contribution in [2.24, 2.45) is 0 Å². The third-order valence-electron chi connectivity index (χ3n) is 5.37. The molecule has 0 spiro atoms. The first kappa shape index (κ1) is 21.6. The monoisotopic (exact) mass is 398 g/mol. The van der Waals surface area contributed by atoms with Gasteiger partial charge in [0.2, 0.25) is 0 Å². The summed E-state index contributed by atoms with van der Waals surface area (Å²) in [5, 5.41) is 0.0366. The van der Waals surface area contributed by atoms with Gasteiger partial charge in [0.15, 0.2) is 8.32 Å². The van der Waals surface area contributed by atoms with Crippen LogP contribution in [0.25, 0.3) is 0 Å². The van der Waals surface area contributed by atoms with E-state index >= 15 is 0 Å². The zero-order chi connectivity index (χ0) is 20.6. The van der Waals surface area contributed by atoms with Crippen molar-refractivity contribution < 1.29 is 18.7 Å². The predicted molar refractivity (Wildman–Crippen MR) is 103 cm³/mol. The summed E-state index contributed by atoms with van der Waals surface area (Å²) in [5.74, 6) is -0.411. The number of nitrogens with one attached hydrogen (secondary N) is 1. The lowest BCUT2D eigenvalue weighted by Crippen LogP contribution is -2.44. The molecule has 9 heteroatoms. The van der Waals surface area contributed by atoms with Crippen molar-refractivity contribution in [1.82, 2.24) is 9.55 Å². The molecule has 27 heavy (non-hydrogen) atoms. The van der Waals surface area contributed by atoms with Gasteiger partial charge in [-0.15, -0.1) is 0 Å². The summed E-state index contributed by atoms with van der Waals surface area (Å²) in [6.45, 7) is 13.9. The number of aromatic amines is 1. The highest BCUT2D eigenvalue weighted by Gasteiger charge is 2.43. The Labute approximate surface area is 160 Å². The Morgan fingerprint density at radius 2 is 2.00 bits per heavy atom. The van der Waals surface area contributed by atoms with Gasteiger partial charge in [0.1, 0.15) is 18.4 Å². The lowest BCUT2D eigenvalue weighted by Gasteiger charge is -2.37. The van der Waals surface area contributed by atoms with Crippen molar-refractivity contribution in [3.63, 3.8) is 0 Å². The van der Waals surface area contributed by atoms with Crippen LogP contribution in [0.2, 0.25) is 18.1 Å². The normalized spacial score (nSPS) is 23.4. The number of esters is 1. The molecular weight excluding hydrogens is 368 g/mol. The van der Waals surface area contributed by atoms with Gasteiger partial charge in [-0.1, -0.05) is 20.8 Å². The molecule has 1 fully saturated rings. The van der Waals surface area contributed by atoms with Crippen LogP contribution in [0.1, 0.15) is 45.9 Å². The predicted octanol–water partition coefficient (Wildman–Crippen LogP) is 2.09. The molecule has 1 aliphatic heterocycles. The number of nitrogens with zero attached hydrogens (tertiary/aromatic N) is 1. The summed E-state index contributed by atoms with van der Waals surface area (Å²) in [6.07, 6.45) is 0.151. The van der Waals surface area contributed by atoms with Crippen LogP contribution < -0.4 is 11.2 Å². The molecular formula is C18H30N2O6Si. The first-order chi connectivity index (χ1) is 12.3. The van der Waals surface area contributed by atoms with Crippen LogP contribution >= 0.6 is 0 Å². The minimum Gasteiger partial charge on any atom is -0.460 e. The molecule has 2 rings (SSSR count). The first-order valence-electron chi connectivity index (χ1n) is 9.10. The third-order valence-corrected chi connectivity index (χ3v) is 9.87. The van der Waals surface area contributed by atoms with Crippen LogP contribution in [0.4, 0.5) is 0 Å². The highest BCUT2D eigenvalue weighted by atomic mass is 28.4. The van der Waals surface area contributed by atoms with Crippen molar-refractivity contribution in [2.45, 2.75) is 77.6 Å². The van der Waals surface area contributed by atoms with Gasteiger partial charge < -0.3 is 13.9 Å². The summed E-state index contributed by atoms with van der Waals surface area (Å²) >= 11 is 0. The van der Waals surface area contributed by atoms with Gasteiger partial charge in [-0.25, -0.2) is 4.79 Å². The Hall–Kier alpha value is -1.71. The fraction of sp³-hybridized carbons (Fsp3) is 0.722. The minimum absolute atomic E-state index is 0.0366. The molecule has 152 valence electrons. The van der Waals surface area contributed by atoms with Crippen LogP contribution in [-0.4, -0.2) is 42.7 Å². The second-order valence-electron chi connectivity index (χ2n) is 8.56. The average Bonchev–Trinajstić information content (AvgIpc) is 2.89. The van der Waals surface area contributed by atoms with Crippen molar-refractivity contribution in [3.05, 3.63) is 32.6 Å². The largest absolute Gasteiger partial charge is 0.460 e. The van der Waals surface area contributed by atoms with Crippen molar-refractivity contribution in [1.29, 1.82) is 0 Å². The van der Waals surface area contributed by atoms with Crippen LogP contribution in [0.15, 0.2) is 15.8 Å². The Kier molecular flexibility index (Phi) is 6.18. The molecule has 1 aromatic heterocycles. The van der Waals surface area contributed by atoms with E-state index < -0.39 is 44.0 Å². The average molecular weight is 399 g/mol. The number of hydrogen-bond acceptors (Lipinski definition) is 6. The first-order valence-corrected chi connectivity index (χ1v) is 12.0. The Morgan fingerprint density at radius 3 is 2.56 bits per heavy atom. The van der Waals surface area contributed by atoms with Crippen LogP contribution in [0, 0.1) is 6.92 Å². The lowest BCUT2D eigenvalue weighted by molar-refractivity contribution is -0.150. The number of carbonyl (C=O) groups is 1.